The molecule has 28 heavy (non-hydrogen) atoms. The lowest BCUT2D eigenvalue weighted by Crippen LogP contribution is -2.18. The van der Waals surface area contributed by atoms with E-state index in [-0.39, 0.29) is 10.3 Å². The first kappa shape index (κ1) is 18.4. The second kappa shape index (κ2) is 7.22. The molecular formula is C21H17ClN4OS. The Kier molecular flexibility index (Phi) is 4.75. The summed E-state index contributed by atoms with van der Waals surface area (Å²) in [5, 5.41) is 5.59. The summed E-state index contributed by atoms with van der Waals surface area (Å²) in [5.74, 6) is 0. The Labute approximate surface area is 171 Å². The van der Waals surface area contributed by atoms with Crippen LogP contribution in [0, 0.1) is 18.6 Å². The topological polar surface area (TPSA) is 55.1 Å². The van der Waals surface area contributed by atoms with E-state index < -0.39 is 0 Å². The summed E-state index contributed by atoms with van der Waals surface area (Å²) in [7, 11) is 0. The predicted octanol–water partition coefficient (Wildman–Crippen LogP) is 5.00. The Morgan fingerprint density at radius 2 is 1.82 bits per heavy atom. The Bertz CT molecular complexity index is 1330. The first-order valence-corrected chi connectivity index (χ1v) is 9.47. The molecule has 0 aliphatic rings. The molecule has 0 radical (unpaired) electrons. The molecule has 4 rings (SSSR count). The Balaban J connectivity index is 1.79. The molecule has 1 N–H and O–H groups in total. The van der Waals surface area contributed by atoms with Gasteiger partial charge in [-0.2, -0.15) is 9.78 Å². The number of H-pyrrole nitrogens is 1. The van der Waals surface area contributed by atoms with E-state index in [1.165, 1.54) is 4.68 Å². The highest BCUT2D eigenvalue weighted by Gasteiger charge is 2.10. The van der Waals surface area contributed by atoms with Gasteiger partial charge in [-0.15, -0.1) is 0 Å². The van der Waals surface area contributed by atoms with E-state index in [0.717, 1.165) is 22.6 Å². The van der Waals surface area contributed by atoms with Crippen molar-refractivity contribution in [3.8, 4) is 5.69 Å². The Morgan fingerprint density at radius 1 is 1.11 bits per heavy atom. The summed E-state index contributed by atoms with van der Waals surface area (Å²) >= 11 is 11.3. The standard InChI is InChI=1S/C21H17ClN4OS/c1-13-11-15(14(2)25(13)17-9-7-16(22)8-10-17)12-23-26-20(27)18-5-3-4-6-19(18)24-21(26)28/h3-12H,1-2H3,(H,24,28)/b23-12-. The van der Waals surface area contributed by atoms with Crippen LogP contribution in [0.25, 0.3) is 16.6 Å². The van der Waals surface area contributed by atoms with Crippen LogP contribution in [0.15, 0.2) is 64.5 Å². The monoisotopic (exact) mass is 408 g/mol. The molecule has 0 saturated heterocycles. The maximum atomic E-state index is 12.7. The van der Waals surface area contributed by atoms with E-state index in [4.69, 9.17) is 23.8 Å². The molecule has 0 unspecified atom stereocenters. The molecule has 0 aliphatic carbocycles. The fraction of sp³-hybridized carbons (Fsp3) is 0.0952. The van der Waals surface area contributed by atoms with E-state index >= 15 is 0 Å². The molecule has 0 saturated carbocycles. The highest BCUT2D eigenvalue weighted by Crippen LogP contribution is 2.21. The molecule has 0 fully saturated rings. The van der Waals surface area contributed by atoms with E-state index in [9.17, 15) is 4.79 Å². The largest absolute Gasteiger partial charge is 0.330 e. The van der Waals surface area contributed by atoms with Crippen molar-refractivity contribution in [2.24, 2.45) is 5.10 Å². The zero-order valence-electron chi connectivity index (χ0n) is 15.3. The van der Waals surface area contributed by atoms with Gasteiger partial charge >= 0.3 is 0 Å². The molecule has 0 amide bonds. The van der Waals surface area contributed by atoms with E-state index in [0.29, 0.717) is 15.9 Å². The number of benzene rings is 2. The molecule has 5 nitrogen and oxygen atoms in total. The summed E-state index contributed by atoms with van der Waals surface area (Å²) in [6.07, 6.45) is 1.66. The molecule has 2 aromatic carbocycles. The SMILES string of the molecule is Cc1cc(/C=N\n2c(=S)[nH]c3ccccc3c2=O)c(C)n1-c1ccc(Cl)cc1. The number of fused-ring (bicyclic) bond motifs is 1. The molecule has 2 heterocycles. The predicted molar refractivity (Wildman–Crippen MR) is 117 cm³/mol. The number of para-hydroxylation sites is 1. The minimum absolute atomic E-state index is 0.248. The van der Waals surface area contributed by atoms with Crippen molar-refractivity contribution in [2.45, 2.75) is 13.8 Å². The quantitative estimate of drug-likeness (QED) is 0.383. The maximum Gasteiger partial charge on any atom is 0.282 e. The van der Waals surface area contributed by atoms with Crippen molar-refractivity contribution in [2.75, 3.05) is 0 Å². The molecule has 0 spiro atoms. The van der Waals surface area contributed by atoms with Crippen LogP contribution in [-0.4, -0.2) is 20.4 Å². The summed E-state index contributed by atoms with van der Waals surface area (Å²) in [4.78, 5) is 15.8. The summed E-state index contributed by atoms with van der Waals surface area (Å²) < 4.78 is 3.58. The van der Waals surface area contributed by atoms with Crippen LogP contribution in [-0.2, 0) is 0 Å². The number of aromatic amines is 1. The number of halogens is 1. The first-order chi connectivity index (χ1) is 13.5. The van der Waals surface area contributed by atoms with Gasteiger partial charge in [0.05, 0.1) is 17.1 Å². The van der Waals surface area contributed by atoms with Gasteiger partial charge in [0.2, 0.25) is 4.77 Å². The summed E-state index contributed by atoms with van der Waals surface area (Å²) in [6, 6.07) is 16.9. The van der Waals surface area contributed by atoms with Crippen LogP contribution in [0.2, 0.25) is 5.02 Å². The van der Waals surface area contributed by atoms with Gasteiger partial charge in [0.25, 0.3) is 5.56 Å². The second-order valence-electron chi connectivity index (χ2n) is 6.48. The number of nitrogens with zero attached hydrogens (tertiary/aromatic N) is 3. The van der Waals surface area contributed by atoms with E-state index in [1.807, 2.05) is 62.4 Å². The van der Waals surface area contributed by atoms with Crippen molar-refractivity contribution >= 4 is 40.9 Å². The lowest BCUT2D eigenvalue weighted by Gasteiger charge is -2.09. The number of aromatic nitrogens is 3. The summed E-state index contributed by atoms with van der Waals surface area (Å²) in [5.41, 5.74) is 4.43. The summed E-state index contributed by atoms with van der Waals surface area (Å²) in [6.45, 7) is 4.03. The lowest BCUT2D eigenvalue weighted by atomic mass is 10.2. The van der Waals surface area contributed by atoms with Crippen LogP contribution in [0.1, 0.15) is 17.0 Å². The molecule has 0 bridgehead atoms. The average molecular weight is 409 g/mol. The normalized spacial score (nSPS) is 11.5. The van der Waals surface area contributed by atoms with E-state index in [1.54, 1.807) is 12.3 Å². The van der Waals surface area contributed by atoms with Gasteiger partial charge in [-0.25, -0.2) is 0 Å². The zero-order valence-corrected chi connectivity index (χ0v) is 16.9. The minimum atomic E-state index is -0.248. The second-order valence-corrected chi connectivity index (χ2v) is 7.30. The fourth-order valence-electron chi connectivity index (χ4n) is 3.28. The molecule has 140 valence electrons. The Hall–Kier alpha value is -2.96. The van der Waals surface area contributed by atoms with Crippen molar-refractivity contribution in [1.29, 1.82) is 0 Å². The highest BCUT2D eigenvalue weighted by atomic mass is 35.5. The third kappa shape index (κ3) is 3.21. The average Bonchev–Trinajstić information content (AvgIpc) is 2.96. The molecule has 2 aromatic heterocycles. The molecule has 0 aliphatic heterocycles. The van der Waals surface area contributed by atoms with Gasteiger partial charge in [-0.1, -0.05) is 23.7 Å². The highest BCUT2D eigenvalue weighted by molar-refractivity contribution is 7.71. The minimum Gasteiger partial charge on any atom is -0.330 e. The van der Waals surface area contributed by atoms with Crippen molar-refractivity contribution in [3.63, 3.8) is 0 Å². The number of rotatable bonds is 3. The third-order valence-corrected chi connectivity index (χ3v) is 5.18. The van der Waals surface area contributed by atoms with Gasteiger partial charge in [0.1, 0.15) is 0 Å². The van der Waals surface area contributed by atoms with Gasteiger partial charge in [0.15, 0.2) is 0 Å². The van der Waals surface area contributed by atoms with Crippen LogP contribution >= 0.6 is 23.8 Å². The smallest absolute Gasteiger partial charge is 0.282 e. The number of nitrogens with one attached hydrogen (secondary N) is 1. The Morgan fingerprint density at radius 3 is 2.57 bits per heavy atom. The third-order valence-electron chi connectivity index (χ3n) is 4.65. The zero-order chi connectivity index (χ0) is 19.8. The number of aryl methyl sites for hydroxylation is 1. The fourth-order valence-corrected chi connectivity index (χ4v) is 3.65. The van der Waals surface area contributed by atoms with Crippen LogP contribution in [0.5, 0.6) is 0 Å². The van der Waals surface area contributed by atoms with Gasteiger partial charge < -0.3 is 9.55 Å². The van der Waals surface area contributed by atoms with Gasteiger partial charge in [-0.05, 0) is 68.5 Å². The molecule has 4 aromatic rings. The van der Waals surface area contributed by atoms with Crippen molar-refractivity contribution in [3.05, 3.63) is 91.7 Å². The maximum absolute atomic E-state index is 12.7. The number of hydrogen-bond acceptors (Lipinski definition) is 3. The van der Waals surface area contributed by atoms with Crippen molar-refractivity contribution in [1.82, 2.24) is 14.2 Å². The van der Waals surface area contributed by atoms with Gasteiger partial charge in [-0.3, -0.25) is 4.79 Å². The van der Waals surface area contributed by atoms with E-state index in [2.05, 4.69) is 14.7 Å². The van der Waals surface area contributed by atoms with Crippen molar-refractivity contribution < 1.29 is 0 Å². The molecular weight excluding hydrogens is 392 g/mol. The molecule has 0 atom stereocenters. The van der Waals surface area contributed by atoms with Gasteiger partial charge in [0, 0.05) is 27.7 Å². The van der Waals surface area contributed by atoms with Crippen LogP contribution in [0.4, 0.5) is 0 Å². The van der Waals surface area contributed by atoms with Crippen LogP contribution in [0.3, 0.4) is 0 Å². The first-order valence-electron chi connectivity index (χ1n) is 8.69. The lowest BCUT2D eigenvalue weighted by molar-refractivity contribution is 0.799. The number of hydrogen-bond donors (Lipinski definition) is 1. The van der Waals surface area contributed by atoms with Crippen LogP contribution < -0.4 is 5.56 Å². The molecule has 7 heteroatoms.